The average Bonchev–Trinajstić information content (AvgIpc) is 2.80. The number of nitrogens with one attached hydrogen (secondary N) is 1. The van der Waals surface area contributed by atoms with Crippen LogP contribution in [0, 0.1) is 5.92 Å². The monoisotopic (exact) mass is 246 g/mol. The third-order valence-corrected chi connectivity index (χ3v) is 3.83. The molecule has 1 fully saturated rings. The third-order valence-electron chi connectivity index (χ3n) is 3.83. The Bertz CT molecular complexity index is 533. The fourth-order valence-corrected chi connectivity index (χ4v) is 2.70. The van der Waals surface area contributed by atoms with E-state index in [1.165, 1.54) is 12.8 Å². The zero-order chi connectivity index (χ0) is 12.5. The molecule has 1 aliphatic carbocycles. The zero-order valence-electron chi connectivity index (χ0n) is 10.8. The van der Waals surface area contributed by atoms with E-state index in [1.807, 2.05) is 12.3 Å². The predicted molar refractivity (Wildman–Crippen MR) is 70.7 cm³/mol. The van der Waals surface area contributed by atoms with E-state index in [-0.39, 0.29) is 0 Å². The van der Waals surface area contributed by atoms with Crippen molar-refractivity contribution in [2.75, 3.05) is 25.7 Å². The summed E-state index contributed by atoms with van der Waals surface area (Å²) in [6.45, 7) is 0.869. The van der Waals surface area contributed by atoms with Crippen LogP contribution in [0.15, 0.2) is 18.6 Å². The minimum Gasteiger partial charge on any atom is -0.384 e. The van der Waals surface area contributed by atoms with E-state index >= 15 is 0 Å². The maximum absolute atomic E-state index is 5.19. The van der Waals surface area contributed by atoms with Crippen molar-refractivity contribution in [3.05, 3.63) is 18.6 Å². The van der Waals surface area contributed by atoms with Gasteiger partial charge >= 0.3 is 0 Å². The lowest BCUT2D eigenvalue weighted by Crippen LogP contribution is -2.44. The van der Waals surface area contributed by atoms with Gasteiger partial charge in [-0.25, -0.2) is 9.97 Å². The topological polar surface area (TPSA) is 54.0 Å². The number of hydrogen-bond donors (Lipinski definition) is 1. The molecular formula is C13H18N4O. The van der Waals surface area contributed by atoms with Crippen LogP contribution in [-0.4, -0.2) is 41.8 Å². The summed E-state index contributed by atoms with van der Waals surface area (Å²) in [5, 5.41) is 1.09. The van der Waals surface area contributed by atoms with Gasteiger partial charge in [0.25, 0.3) is 0 Å². The molecule has 96 valence electrons. The molecule has 0 aromatic carbocycles. The molecule has 5 heteroatoms. The molecule has 2 heterocycles. The summed E-state index contributed by atoms with van der Waals surface area (Å²) in [4.78, 5) is 14.0. The maximum atomic E-state index is 5.19. The van der Waals surface area contributed by atoms with Gasteiger partial charge in [-0.1, -0.05) is 0 Å². The van der Waals surface area contributed by atoms with Gasteiger partial charge in [-0.05, 0) is 24.8 Å². The Morgan fingerprint density at radius 1 is 1.44 bits per heavy atom. The Hall–Kier alpha value is -1.62. The molecule has 1 N–H and O–H groups in total. The molecule has 5 nitrogen and oxygen atoms in total. The second-order valence-electron chi connectivity index (χ2n) is 4.99. The van der Waals surface area contributed by atoms with Crippen LogP contribution in [0.4, 0.5) is 5.82 Å². The highest BCUT2D eigenvalue weighted by atomic mass is 16.5. The number of rotatable bonds is 4. The Labute approximate surface area is 106 Å². The molecule has 18 heavy (non-hydrogen) atoms. The summed E-state index contributed by atoms with van der Waals surface area (Å²) in [6.07, 6.45) is 5.89. The van der Waals surface area contributed by atoms with Gasteiger partial charge in [0, 0.05) is 33.0 Å². The van der Waals surface area contributed by atoms with Crippen LogP contribution in [0.5, 0.6) is 0 Å². The van der Waals surface area contributed by atoms with E-state index in [0.717, 1.165) is 23.5 Å². The second-order valence-corrected chi connectivity index (χ2v) is 4.99. The van der Waals surface area contributed by atoms with E-state index < -0.39 is 0 Å². The van der Waals surface area contributed by atoms with Crippen molar-refractivity contribution >= 4 is 16.9 Å². The number of aromatic nitrogens is 3. The third kappa shape index (κ3) is 1.84. The minimum absolute atomic E-state index is 0.568. The molecule has 0 spiro atoms. The van der Waals surface area contributed by atoms with Gasteiger partial charge in [0.05, 0.1) is 5.39 Å². The molecule has 0 aliphatic heterocycles. The first-order chi connectivity index (χ1) is 8.79. The van der Waals surface area contributed by atoms with Crippen molar-refractivity contribution in [1.29, 1.82) is 0 Å². The van der Waals surface area contributed by atoms with E-state index in [0.29, 0.717) is 12.0 Å². The van der Waals surface area contributed by atoms with Crippen LogP contribution >= 0.6 is 0 Å². The summed E-state index contributed by atoms with van der Waals surface area (Å²) < 4.78 is 5.19. The van der Waals surface area contributed by atoms with E-state index in [1.54, 1.807) is 13.4 Å². The number of nitrogens with zero attached hydrogens (tertiary/aromatic N) is 3. The Morgan fingerprint density at radius 3 is 3.06 bits per heavy atom. The summed E-state index contributed by atoms with van der Waals surface area (Å²) >= 11 is 0. The molecule has 2 aromatic heterocycles. The van der Waals surface area contributed by atoms with Crippen molar-refractivity contribution in [2.45, 2.75) is 18.9 Å². The first kappa shape index (κ1) is 11.5. The van der Waals surface area contributed by atoms with Crippen LogP contribution in [0.3, 0.4) is 0 Å². The number of hydrogen-bond acceptors (Lipinski definition) is 4. The molecule has 0 amide bonds. The van der Waals surface area contributed by atoms with Crippen LogP contribution < -0.4 is 4.90 Å². The summed E-state index contributed by atoms with van der Waals surface area (Å²) in [7, 11) is 3.88. The van der Waals surface area contributed by atoms with Gasteiger partial charge in [-0.3, -0.25) is 0 Å². The average molecular weight is 246 g/mol. The zero-order valence-corrected chi connectivity index (χ0v) is 10.8. The van der Waals surface area contributed by atoms with Crippen LogP contribution in [0.2, 0.25) is 0 Å². The van der Waals surface area contributed by atoms with Gasteiger partial charge in [0.2, 0.25) is 0 Å². The quantitative estimate of drug-likeness (QED) is 0.894. The molecule has 0 saturated heterocycles. The molecule has 0 bridgehead atoms. The molecular weight excluding hydrogens is 228 g/mol. The SMILES string of the molecule is COCC1CC(N(C)c2ncnc3[nH]ccc23)C1. The van der Waals surface area contributed by atoms with Crippen molar-refractivity contribution < 1.29 is 4.74 Å². The standard InChI is InChI=1S/C13H18N4O/c1-17(10-5-9(6-10)7-18-2)13-11-3-4-14-12(11)15-8-16-13/h3-4,8-10H,5-7H2,1-2H3,(H,14,15,16). The highest BCUT2D eigenvalue weighted by Crippen LogP contribution is 2.34. The molecule has 0 atom stereocenters. The second kappa shape index (κ2) is 4.57. The lowest BCUT2D eigenvalue weighted by Gasteiger charge is -2.41. The van der Waals surface area contributed by atoms with Gasteiger partial charge < -0.3 is 14.6 Å². The number of ether oxygens (including phenoxy) is 1. The minimum atomic E-state index is 0.568. The Kier molecular flexibility index (Phi) is 2.91. The smallest absolute Gasteiger partial charge is 0.142 e. The predicted octanol–water partition coefficient (Wildman–Crippen LogP) is 1.82. The van der Waals surface area contributed by atoms with Crippen molar-refractivity contribution in [1.82, 2.24) is 15.0 Å². The molecule has 0 radical (unpaired) electrons. The van der Waals surface area contributed by atoms with Crippen LogP contribution in [0.25, 0.3) is 11.0 Å². The van der Waals surface area contributed by atoms with Crippen LogP contribution in [-0.2, 0) is 4.74 Å². The van der Waals surface area contributed by atoms with Gasteiger partial charge in [0.15, 0.2) is 0 Å². The van der Waals surface area contributed by atoms with Gasteiger partial charge in [-0.15, -0.1) is 0 Å². The summed E-state index contributed by atoms with van der Waals surface area (Å²) in [6, 6.07) is 2.60. The van der Waals surface area contributed by atoms with Gasteiger partial charge in [-0.2, -0.15) is 0 Å². The first-order valence-electron chi connectivity index (χ1n) is 6.29. The Morgan fingerprint density at radius 2 is 2.28 bits per heavy atom. The number of methoxy groups -OCH3 is 1. The molecule has 1 saturated carbocycles. The number of H-pyrrole nitrogens is 1. The van der Waals surface area contributed by atoms with Crippen molar-refractivity contribution in [3.63, 3.8) is 0 Å². The molecule has 3 rings (SSSR count). The highest BCUT2D eigenvalue weighted by molar-refractivity contribution is 5.87. The fourth-order valence-electron chi connectivity index (χ4n) is 2.70. The van der Waals surface area contributed by atoms with Crippen LogP contribution in [0.1, 0.15) is 12.8 Å². The van der Waals surface area contributed by atoms with Crippen molar-refractivity contribution in [3.8, 4) is 0 Å². The Balaban J connectivity index is 1.77. The highest BCUT2D eigenvalue weighted by Gasteiger charge is 2.33. The van der Waals surface area contributed by atoms with E-state index in [4.69, 9.17) is 4.74 Å². The molecule has 0 unspecified atom stereocenters. The van der Waals surface area contributed by atoms with Crippen molar-refractivity contribution in [2.24, 2.45) is 5.92 Å². The van der Waals surface area contributed by atoms with E-state index in [2.05, 4.69) is 26.9 Å². The molecule has 2 aromatic rings. The first-order valence-corrected chi connectivity index (χ1v) is 6.29. The summed E-state index contributed by atoms with van der Waals surface area (Å²) in [5.41, 5.74) is 0.902. The summed E-state index contributed by atoms with van der Waals surface area (Å²) in [5.74, 6) is 1.72. The molecule has 1 aliphatic rings. The lowest BCUT2D eigenvalue weighted by atomic mass is 9.80. The number of fused-ring (bicyclic) bond motifs is 1. The normalized spacial score (nSPS) is 23.0. The fraction of sp³-hybridized carbons (Fsp3) is 0.538. The largest absolute Gasteiger partial charge is 0.384 e. The van der Waals surface area contributed by atoms with E-state index in [9.17, 15) is 0 Å². The number of aromatic amines is 1. The lowest BCUT2D eigenvalue weighted by molar-refractivity contribution is 0.0979. The maximum Gasteiger partial charge on any atom is 0.142 e. The van der Waals surface area contributed by atoms with Gasteiger partial charge in [0.1, 0.15) is 17.8 Å². The number of anilines is 1.